The van der Waals surface area contributed by atoms with E-state index in [1.54, 1.807) is 4.68 Å². The highest BCUT2D eigenvalue weighted by Gasteiger charge is 2.04. The van der Waals surface area contributed by atoms with Gasteiger partial charge in [-0.2, -0.15) is 5.10 Å². The number of nitrogens with zero attached hydrogens (tertiary/aromatic N) is 2. The quantitative estimate of drug-likeness (QED) is 0.797. The summed E-state index contributed by atoms with van der Waals surface area (Å²) in [6.07, 6.45) is 3.96. The molecular weight excluding hydrogens is 256 g/mol. The molecule has 0 aliphatic rings. The van der Waals surface area contributed by atoms with Gasteiger partial charge in [-0.1, -0.05) is 12.1 Å². The Hall–Kier alpha value is -2.50. The summed E-state index contributed by atoms with van der Waals surface area (Å²) in [5.41, 5.74) is 7.05. The topological polar surface area (TPSA) is 82.2 Å². The molecule has 1 aromatic carbocycles. The molecule has 0 aliphatic carbocycles. The summed E-state index contributed by atoms with van der Waals surface area (Å²) in [5.74, 6) is 0.337. The predicted octanol–water partition coefficient (Wildman–Crippen LogP) is 1.29. The lowest BCUT2D eigenvalue weighted by molar-refractivity contribution is -0.118. The summed E-state index contributed by atoms with van der Waals surface area (Å²) in [4.78, 5) is 10.7. The summed E-state index contributed by atoms with van der Waals surface area (Å²) >= 11 is 0. The van der Waals surface area contributed by atoms with Crippen LogP contribution in [0.4, 0.5) is 5.69 Å². The summed E-state index contributed by atoms with van der Waals surface area (Å²) in [6, 6.07) is 7.59. The third-order valence-electron chi connectivity index (χ3n) is 2.73. The number of ether oxygens (including phenoxy) is 1. The van der Waals surface area contributed by atoms with Gasteiger partial charge in [-0.3, -0.25) is 9.48 Å². The molecule has 0 spiro atoms. The number of hydrogen-bond acceptors (Lipinski definition) is 4. The highest BCUT2D eigenvalue weighted by Crippen LogP contribution is 2.24. The van der Waals surface area contributed by atoms with Crippen molar-refractivity contribution in [2.75, 3.05) is 11.9 Å². The number of aryl methyl sites for hydroxylation is 1. The molecule has 2 aromatic rings. The van der Waals surface area contributed by atoms with Gasteiger partial charge in [0, 0.05) is 25.4 Å². The molecule has 106 valence electrons. The Labute approximate surface area is 117 Å². The standard InChI is InChI=1S/C14H18N4O2/c1-18-10-11(9-17-18)8-16-12-4-2-3-5-13(12)20-7-6-14(15)19/h2-5,9-10,16H,6-8H2,1H3,(H2,15,19). The first kappa shape index (κ1) is 13.9. The molecule has 20 heavy (non-hydrogen) atoms. The molecule has 0 saturated carbocycles. The molecule has 1 heterocycles. The average molecular weight is 274 g/mol. The smallest absolute Gasteiger partial charge is 0.220 e. The van der Waals surface area contributed by atoms with E-state index in [-0.39, 0.29) is 18.9 Å². The number of benzene rings is 1. The Bertz CT molecular complexity index is 580. The first-order valence-corrected chi connectivity index (χ1v) is 6.36. The molecule has 0 aliphatic heterocycles. The van der Waals surface area contributed by atoms with Crippen LogP contribution in [0.2, 0.25) is 0 Å². The normalized spacial score (nSPS) is 10.2. The van der Waals surface area contributed by atoms with E-state index in [1.807, 2.05) is 43.7 Å². The first-order chi connectivity index (χ1) is 9.65. The minimum atomic E-state index is -0.370. The molecule has 6 nitrogen and oxygen atoms in total. The van der Waals surface area contributed by atoms with Crippen LogP contribution < -0.4 is 15.8 Å². The summed E-state index contributed by atoms with van der Waals surface area (Å²) in [7, 11) is 1.88. The van der Waals surface area contributed by atoms with Gasteiger partial charge in [0.1, 0.15) is 5.75 Å². The molecule has 1 aromatic heterocycles. The maximum atomic E-state index is 10.7. The molecule has 6 heteroatoms. The molecule has 0 unspecified atom stereocenters. The van der Waals surface area contributed by atoms with E-state index in [9.17, 15) is 4.79 Å². The largest absolute Gasteiger partial charge is 0.491 e. The monoisotopic (exact) mass is 274 g/mol. The van der Waals surface area contributed by atoms with Gasteiger partial charge in [0.05, 0.1) is 24.9 Å². The van der Waals surface area contributed by atoms with E-state index >= 15 is 0 Å². The van der Waals surface area contributed by atoms with E-state index < -0.39 is 0 Å². The second-order valence-corrected chi connectivity index (χ2v) is 4.44. The Morgan fingerprint density at radius 3 is 2.95 bits per heavy atom. The molecular formula is C14H18N4O2. The van der Waals surface area contributed by atoms with Crippen molar-refractivity contribution in [1.82, 2.24) is 9.78 Å². The van der Waals surface area contributed by atoms with Crippen molar-refractivity contribution in [3.8, 4) is 5.75 Å². The van der Waals surface area contributed by atoms with Crippen LogP contribution in [0, 0.1) is 0 Å². The Balaban J connectivity index is 1.94. The summed E-state index contributed by atoms with van der Waals surface area (Å²) < 4.78 is 7.31. The maximum absolute atomic E-state index is 10.7. The van der Waals surface area contributed by atoms with Crippen molar-refractivity contribution in [3.63, 3.8) is 0 Å². The maximum Gasteiger partial charge on any atom is 0.220 e. The molecule has 2 rings (SSSR count). The molecule has 0 saturated heterocycles. The zero-order valence-corrected chi connectivity index (χ0v) is 11.4. The number of rotatable bonds is 7. The van der Waals surface area contributed by atoms with Gasteiger partial charge in [0.25, 0.3) is 0 Å². The van der Waals surface area contributed by atoms with Crippen LogP contribution in [-0.2, 0) is 18.4 Å². The molecule has 3 N–H and O–H groups in total. The lowest BCUT2D eigenvalue weighted by Crippen LogP contribution is -2.15. The second-order valence-electron chi connectivity index (χ2n) is 4.44. The van der Waals surface area contributed by atoms with Crippen molar-refractivity contribution >= 4 is 11.6 Å². The van der Waals surface area contributed by atoms with E-state index in [0.717, 1.165) is 11.3 Å². The second kappa shape index (κ2) is 6.60. The summed E-state index contributed by atoms with van der Waals surface area (Å²) in [5, 5.41) is 7.40. The number of anilines is 1. The fraction of sp³-hybridized carbons (Fsp3) is 0.286. The van der Waals surface area contributed by atoms with Gasteiger partial charge in [-0.15, -0.1) is 0 Å². The van der Waals surface area contributed by atoms with E-state index in [4.69, 9.17) is 10.5 Å². The summed E-state index contributed by atoms with van der Waals surface area (Å²) in [6.45, 7) is 0.935. The molecule has 0 bridgehead atoms. The van der Waals surface area contributed by atoms with Crippen LogP contribution in [0.1, 0.15) is 12.0 Å². The van der Waals surface area contributed by atoms with Crippen LogP contribution in [0.25, 0.3) is 0 Å². The third kappa shape index (κ3) is 4.01. The molecule has 0 radical (unpaired) electrons. The minimum absolute atomic E-state index is 0.205. The first-order valence-electron chi connectivity index (χ1n) is 6.36. The van der Waals surface area contributed by atoms with Gasteiger partial charge in [0.2, 0.25) is 5.91 Å². The van der Waals surface area contributed by atoms with Crippen molar-refractivity contribution in [2.45, 2.75) is 13.0 Å². The SMILES string of the molecule is Cn1cc(CNc2ccccc2OCCC(N)=O)cn1. The fourth-order valence-electron chi connectivity index (χ4n) is 1.76. The Morgan fingerprint density at radius 1 is 1.45 bits per heavy atom. The number of para-hydroxylation sites is 2. The number of carbonyl (C=O) groups excluding carboxylic acids is 1. The highest BCUT2D eigenvalue weighted by molar-refractivity contribution is 5.73. The number of nitrogens with one attached hydrogen (secondary N) is 1. The van der Waals surface area contributed by atoms with E-state index in [1.165, 1.54) is 0 Å². The predicted molar refractivity (Wildman–Crippen MR) is 76.3 cm³/mol. The zero-order valence-electron chi connectivity index (χ0n) is 11.4. The number of aromatic nitrogens is 2. The number of carbonyl (C=O) groups is 1. The van der Waals surface area contributed by atoms with Gasteiger partial charge in [-0.25, -0.2) is 0 Å². The Morgan fingerprint density at radius 2 is 2.25 bits per heavy atom. The van der Waals surface area contributed by atoms with Crippen molar-refractivity contribution in [2.24, 2.45) is 12.8 Å². The fourth-order valence-corrected chi connectivity index (χ4v) is 1.76. The van der Waals surface area contributed by atoms with Gasteiger partial charge < -0.3 is 15.8 Å². The number of amides is 1. The molecule has 0 fully saturated rings. The lowest BCUT2D eigenvalue weighted by atomic mass is 10.2. The zero-order chi connectivity index (χ0) is 14.4. The Kier molecular flexibility index (Phi) is 4.60. The van der Waals surface area contributed by atoms with Gasteiger partial charge >= 0.3 is 0 Å². The van der Waals surface area contributed by atoms with E-state index in [2.05, 4.69) is 10.4 Å². The number of nitrogens with two attached hydrogens (primary N) is 1. The van der Waals surface area contributed by atoms with Crippen LogP contribution in [0.3, 0.4) is 0 Å². The van der Waals surface area contributed by atoms with Crippen LogP contribution in [0.15, 0.2) is 36.7 Å². The molecule has 1 amide bonds. The van der Waals surface area contributed by atoms with Crippen molar-refractivity contribution in [3.05, 3.63) is 42.2 Å². The average Bonchev–Trinajstić information content (AvgIpc) is 2.83. The number of primary amides is 1. The van der Waals surface area contributed by atoms with Crippen LogP contribution >= 0.6 is 0 Å². The van der Waals surface area contributed by atoms with Crippen molar-refractivity contribution in [1.29, 1.82) is 0 Å². The van der Waals surface area contributed by atoms with Gasteiger partial charge in [-0.05, 0) is 12.1 Å². The minimum Gasteiger partial charge on any atom is -0.491 e. The third-order valence-corrected chi connectivity index (χ3v) is 2.73. The van der Waals surface area contributed by atoms with E-state index in [0.29, 0.717) is 12.3 Å². The highest BCUT2D eigenvalue weighted by atomic mass is 16.5. The number of hydrogen-bond donors (Lipinski definition) is 2. The van der Waals surface area contributed by atoms with Crippen LogP contribution in [-0.4, -0.2) is 22.3 Å². The van der Waals surface area contributed by atoms with Crippen LogP contribution in [0.5, 0.6) is 5.75 Å². The van der Waals surface area contributed by atoms with Gasteiger partial charge in [0.15, 0.2) is 0 Å². The van der Waals surface area contributed by atoms with Crippen molar-refractivity contribution < 1.29 is 9.53 Å². The lowest BCUT2D eigenvalue weighted by Gasteiger charge is -2.12. The molecule has 0 atom stereocenters.